The summed E-state index contributed by atoms with van der Waals surface area (Å²) >= 11 is 9.08. The molecule has 1 amide bonds. The number of aryl methyl sites for hydroxylation is 1. The SMILES string of the molecule is Cc1cc(NN)c(C(=O)Nc2c(Cl)cc(F)cc2Br)cn1. The first-order valence-electron chi connectivity index (χ1n) is 5.81. The largest absolute Gasteiger partial charge is 0.323 e. The van der Waals surface area contributed by atoms with Crippen molar-refractivity contribution in [1.29, 1.82) is 0 Å². The topological polar surface area (TPSA) is 80.0 Å². The second-order valence-electron chi connectivity index (χ2n) is 4.21. The zero-order chi connectivity index (χ0) is 15.6. The standard InChI is InChI=1S/C13H11BrClFN4O/c1-6-2-11(20-17)8(5-18-6)13(21)19-12-9(14)3-7(16)4-10(12)15/h2-5H,17H2,1H3,(H,18,20)(H,19,21). The molecule has 1 heterocycles. The number of nitrogens with two attached hydrogens (primary N) is 1. The molecule has 0 aliphatic rings. The molecule has 1 aromatic carbocycles. The van der Waals surface area contributed by atoms with Crippen LogP contribution in [0.3, 0.4) is 0 Å². The number of carbonyl (C=O) groups excluding carboxylic acids is 1. The number of hydrazine groups is 1. The fourth-order valence-electron chi connectivity index (χ4n) is 1.70. The number of hydrogen-bond donors (Lipinski definition) is 3. The van der Waals surface area contributed by atoms with Gasteiger partial charge in [-0.2, -0.15) is 0 Å². The number of rotatable bonds is 3. The van der Waals surface area contributed by atoms with Crippen LogP contribution >= 0.6 is 27.5 Å². The molecule has 2 rings (SSSR count). The van der Waals surface area contributed by atoms with Crippen LogP contribution in [-0.2, 0) is 0 Å². The first kappa shape index (κ1) is 15.7. The Hall–Kier alpha value is -1.70. The van der Waals surface area contributed by atoms with Gasteiger partial charge in [0.15, 0.2) is 0 Å². The van der Waals surface area contributed by atoms with Crippen molar-refractivity contribution in [2.75, 3.05) is 10.7 Å². The number of amides is 1. The smallest absolute Gasteiger partial charge is 0.259 e. The molecule has 0 atom stereocenters. The van der Waals surface area contributed by atoms with Crippen LogP contribution < -0.4 is 16.6 Å². The van der Waals surface area contributed by atoms with E-state index >= 15 is 0 Å². The highest BCUT2D eigenvalue weighted by atomic mass is 79.9. The van der Waals surface area contributed by atoms with Crippen LogP contribution in [0.5, 0.6) is 0 Å². The van der Waals surface area contributed by atoms with E-state index in [0.717, 1.165) is 6.07 Å². The lowest BCUT2D eigenvalue weighted by Crippen LogP contribution is -2.18. The van der Waals surface area contributed by atoms with Gasteiger partial charge in [-0.1, -0.05) is 11.6 Å². The molecule has 2 aromatic rings. The molecule has 0 fully saturated rings. The Morgan fingerprint density at radius 3 is 2.76 bits per heavy atom. The lowest BCUT2D eigenvalue weighted by molar-refractivity contribution is 0.102. The first-order valence-corrected chi connectivity index (χ1v) is 6.98. The number of hydrogen-bond acceptors (Lipinski definition) is 4. The highest BCUT2D eigenvalue weighted by Crippen LogP contribution is 2.32. The van der Waals surface area contributed by atoms with Gasteiger partial charge in [0.05, 0.1) is 22.0 Å². The maximum atomic E-state index is 13.2. The monoisotopic (exact) mass is 372 g/mol. The third-order valence-corrected chi connectivity index (χ3v) is 3.61. The van der Waals surface area contributed by atoms with Crippen molar-refractivity contribution in [2.45, 2.75) is 6.92 Å². The number of carbonyl (C=O) groups is 1. The summed E-state index contributed by atoms with van der Waals surface area (Å²) < 4.78 is 13.5. The minimum absolute atomic E-state index is 0.0811. The summed E-state index contributed by atoms with van der Waals surface area (Å²) in [4.78, 5) is 16.3. The number of halogens is 3. The van der Waals surface area contributed by atoms with E-state index in [4.69, 9.17) is 17.4 Å². The summed E-state index contributed by atoms with van der Waals surface area (Å²) in [5, 5.41) is 2.68. The quantitative estimate of drug-likeness (QED) is 0.568. The summed E-state index contributed by atoms with van der Waals surface area (Å²) in [5.41, 5.74) is 4.09. The van der Waals surface area contributed by atoms with E-state index in [2.05, 4.69) is 31.7 Å². The Morgan fingerprint density at radius 1 is 1.43 bits per heavy atom. The van der Waals surface area contributed by atoms with Gasteiger partial charge in [-0.15, -0.1) is 0 Å². The Morgan fingerprint density at radius 2 is 2.14 bits per heavy atom. The zero-order valence-electron chi connectivity index (χ0n) is 10.9. The maximum absolute atomic E-state index is 13.2. The van der Waals surface area contributed by atoms with Gasteiger partial charge in [-0.05, 0) is 41.1 Å². The highest BCUT2D eigenvalue weighted by molar-refractivity contribution is 9.10. The molecule has 0 aliphatic carbocycles. The van der Waals surface area contributed by atoms with E-state index in [0.29, 0.717) is 15.9 Å². The van der Waals surface area contributed by atoms with Crippen molar-refractivity contribution < 1.29 is 9.18 Å². The highest BCUT2D eigenvalue weighted by Gasteiger charge is 2.16. The fourth-order valence-corrected chi connectivity index (χ4v) is 2.60. The second-order valence-corrected chi connectivity index (χ2v) is 5.48. The van der Waals surface area contributed by atoms with Gasteiger partial charge in [-0.25, -0.2) is 4.39 Å². The Balaban J connectivity index is 2.35. The van der Waals surface area contributed by atoms with Crippen molar-refractivity contribution in [3.63, 3.8) is 0 Å². The molecule has 0 aliphatic heterocycles. The number of pyridine rings is 1. The maximum Gasteiger partial charge on any atom is 0.259 e. The molecule has 0 radical (unpaired) electrons. The molecule has 0 spiro atoms. The second kappa shape index (κ2) is 6.38. The van der Waals surface area contributed by atoms with Crippen LogP contribution in [0.2, 0.25) is 5.02 Å². The molecule has 0 bridgehead atoms. The van der Waals surface area contributed by atoms with Crippen LogP contribution in [0.4, 0.5) is 15.8 Å². The van der Waals surface area contributed by atoms with Crippen LogP contribution in [0, 0.1) is 12.7 Å². The average molecular weight is 374 g/mol. The fraction of sp³-hybridized carbons (Fsp3) is 0.0769. The van der Waals surface area contributed by atoms with Gasteiger partial charge in [0.2, 0.25) is 0 Å². The number of nitrogens with one attached hydrogen (secondary N) is 2. The van der Waals surface area contributed by atoms with Gasteiger partial charge in [0.25, 0.3) is 5.91 Å². The molecule has 5 nitrogen and oxygen atoms in total. The summed E-state index contributed by atoms with van der Waals surface area (Å²) in [6, 6.07) is 3.95. The molecule has 0 saturated heterocycles. The van der Waals surface area contributed by atoms with Crippen molar-refractivity contribution in [2.24, 2.45) is 5.84 Å². The van der Waals surface area contributed by atoms with E-state index in [1.165, 1.54) is 12.3 Å². The van der Waals surface area contributed by atoms with Crippen LogP contribution in [0.1, 0.15) is 16.1 Å². The van der Waals surface area contributed by atoms with Gasteiger partial charge in [-0.3, -0.25) is 15.6 Å². The molecule has 0 unspecified atom stereocenters. The van der Waals surface area contributed by atoms with Crippen molar-refractivity contribution in [1.82, 2.24) is 4.98 Å². The first-order chi connectivity index (χ1) is 9.92. The predicted molar refractivity (Wildman–Crippen MR) is 83.8 cm³/mol. The molecule has 21 heavy (non-hydrogen) atoms. The van der Waals surface area contributed by atoms with E-state index in [-0.39, 0.29) is 16.3 Å². The van der Waals surface area contributed by atoms with E-state index in [9.17, 15) is 9.18 Å². The van der Waals surface area contributed by atoms with E-state index < -0.39 is 11.7 Å². The van der Waals surface area contributed by atoms with Gasteiger partial charge >= 0.3 is 0 Å². The van der Waals surface area contributed by atoms with Crippen molar-refractivity contribution in [3.05, 3.63) is 51.0 Å². The number of nitrogen functional groups attached to an aromatic ring is 1. The molecular weight excluding hydrogens is 363 g/mol. The third kappa shape index (κ3) is 3.49. The van der Waals surface area contributed by atoms with E-state index in [1.54, 1.807) is 13.0 Å². The minimum atomic E-state index is -0.508. The van der Waals surface area contributed by atoms with Crippen LogP contribution in [0.15, 0.2) is 28.9 Å². The molecule has 4 N–H and O–H groups in total. The minimum Gasteiger partial charge on any atom is -0.323 e. The third-order valence-electron chi connectivity index (χ3n) is 2.69. The van der Waals surface area contributed by atoms with Gasteiger partial charge in [0, 0.05) is 16.4 Å². The zero-order valence-corrected chi connectivity index (χ0v) is 13.2. The summed E-state index contributed by atoms with van der Waals surface area (Å²) in [7, 11) is 0. The molecule has 110 valence electrons. The molecule has 1 aromatic heterocycles. The summed E-state index contributed by atoms with van der Waals surface area (Å²) in [6.07, 6.45) is 1.39. The normalized spacial score (nSPS) is 10.3. The molecule has 0 saturated carbocycles. The van der Waals surface area contributed by atoms with Crippen LogP contribution in [0.25, 0.3) is 0 Å². The Kier molecular flexibility index (Phi) is 4.76. The summed E-state index contributed by atoms with van der Waals surface area (Å²) in [5.74, 6) is 4.41. The van der Waals surface area contributed by atoms with Crippen molar-refractivity contribution >= 4 is 44.8 Å². The predicted octanol–water partition coefficient (Wildman–Crippen LogP) is 3.48. The number of benzene rings is 1. The molecular formula is C13H11BrClFN4O. The van der Waals surface area contributed by atoms with Crippen molar-refractivity contribution in [3.8, 4) is 0 Å². The Labute approximate surface area is 133 Å². The lowest BCUT2D eigenvalue weighted by atomic mass is 10.2. The van der Waals surface area contributed by atoms with Gasteiger partial charge < -0.3 is 10.7 Å². The summed E-state index contributed by atoms with van der Waals surface area (Å²) in [6.45, 7) is 1.77. The van der Waals surface area contributed by atoms with Gasteiger partial charge in [0.1, 0.15) is 5.82 Å². The van der Waals surface area contributed by atoms with E-state index in [1.807, 2.05) is 0 Å². The van der Waals surface area contributed by atoms with Crippen LogP contribution in [-0.4, -0.2) is 10.9 Å². The molecule has 8 heteroatoms. The number of nitrogens with zero attached hydrogens (tertiary/aromatic N) is 1. The lowest BCUT2D eigenvalue weighted by Gasteiger charge is -2.12. The number of aromatic nitrogens is 1. The Bertz CT molecular complexity index is 688. The number of anilines is 2. The average Bonchev–Trinajstić information content (AvgIpc) is 2.42.